The van der Waals surface area contributed by atoms with Crippen LogP contribution in [0.15, 0.2) is 17.0 Å². The molecule has 0 heterocycles. The summed E-state index contributed by atoms with van der Waals surface area (Å²) in [7, 11) is -1.75. The highest BCUT2D eigenvalue weighted by Crippen LogP contribution is 2.20. The number of hydrogen-bond donors (Lipinski definition) is 2. The van der Waals surface area contributed by atoms with E-state index >= 15 is 0 Å². The second-order valence-corrected chi connectivity index (χ2v) is 7.21. The van der Waals surface area contributed by atoms with Crippen molar-refractivity contribution in [1.29, 1.82) is 0 Å². The Morgan fingerprint density at radius 2 is 2.00 bits per heavy atom. The predicted molar refractivity (Wildman–Crippen MR) is 83.1 cm³/mol. The van der Waals surface area contributed by atoms with E-state index in [0.717, 1.165) is 12.6 Å². The van der Waals surface area contributed by atoms with E-state index in [0.29, 0.717) is 19.0 Å². The number of benzene rings is 1. The molecule has 0 fully saturated rings. The van der Waals surface area contributed by atoms with Crippen LogP contribution >= 0.6 is 0 Å². The Hall–Kier alpha value is -1.18. The molecule has 0 aliphatic rings. The summed E-state index contributed by atoms with van der Waals surface area (Å²) >= 11 is 0. The summed E-state index contributed by atoms with van der Waals surface area (Å²) in [6, 6.07) is 2.68. The molecule has 120 valence electrons. The van der Waals surface area contributed by atoms with Crippen LogP contribution in [-0.4, -0.2) is 39.5 Å². The number of halogens is 1. The summed E-state index contributed by atoms with van der Waals surface area (Å²) in [4.78, 5) is 1.98. The van der Waals surface area contributed by atoms with E-state index in [1.807, 2.05) is 7.05 Å². The van der Waals surface area contributed by atoms with E-state index in [2.05, 4.69) is 23.5 Å². The Kier molecular flexibility index (Phi) is 6.12. The lowest BCUT2D eigenvalue weighted by Gasteiger charge is -2.20. The number of nitrogens with zero attached hydrogens (tertiary/aromatic N) is 1. The third-order valence-electron chi connectivity index (χ3n) is 3.53. The molecule has 5 nitrogen and oxygen atoms in total. The molecule has 0 atom stereocenters. The largest absolute Gasteiger partial charge is 0.398 e. The van der Waals surface area contributed by atoms with Crippen LogP contribution in [0.3, 0.4) is 0 Å². The van der Waals surface area contributed by atoms with Crippen LogP contribution in [-0.2, 0) is 10.0 Å². The molecule has 21 heavy (non-hydrogen) atoms. The Bertz CT molecular complexity index is 565. The van der Waals surface area contributed by atoms with Crippen LogP contribution in [0.1, 0.15) is 25.8 Å². The molecule has 0 unspecified atom stereocenters. The third-order valence-corrected chi connectivity index (χ3v) is 4.97. The van der Waals surface area contributed by atoms with E-state index < -0.39 is 15.8 Å². The fourth-order valence-corrected chi connectivity index (χ4v) is 2.83. The van der Waals surface area contributed by atoms with Crippen LogP contribution in [0.2, 0.25) is 0 Å². The minimum Gasteiger partial charge on any atom is -0.398 e. The first-order valence-electron chi connectivity index (χ1n) is 6.90. The lowest BCUT2D eigenvalue weighted by atomic mass is 10.2. The smallest absolute Gasteiger partial charge is 0.240 e. The van der Waals surface area contributed by atoms with Gasteiger partial charge in [0.15, 0.2) is 0 Å². The maximum Gasteiger partial charge on any atom is 0.240 e. The summed E-state index contributed by atoms with van der Waals surface area (Å²) < 4.78 is 40.2. The Morgan fingerprint density at radius 3 is 2.52 bits per heavy atom. The third kappa shape index (κ3) is 4.94. The van der Waals surface area contributed by atoms with Crippen LogP contribution in [0.5, 0.6) is 0 Å². The van der Waals surface area contributed by atoms with Gasteiger partial charge in [0.25, 0.3) is 0 Å². The summed E-state index contributed by atoms with van der Waals surface area (Å²) in [6.07, 6.45) is 0.678. The van der Waals surface area contributed by atoms with Crippen molar-refractivity contribution >= 4 is 15.7 Å². The van der Waals surface area contributed by atoms with E-state index in [9.17, 15) is 12.8 Å². The molecule has 0 saturated heterocycles. The normalized spacial score (nSPS) is 12.3. The second kappa shape index (κ2) is 7.20. The summed E-state index contributed by atoms with van der Waals surface area (Å²) in [6.45, 7) is 6.74. The fraction of sp³-hybridized carbons (Fsp3) is 0.571. The lowest BCUT2D eigenvalue weighted by Crippen LogP contribution is -2.31. The summed E-state index contributed by atoms with van der Waals surface area (Å²) in [5.74, 6) is -0.616. The van der Waals surface area contributed by atoms with Gasteiger partial charge in [0, 0.05) is 23.8 Å². The first-order chi connectivity index (χ1) is 9.65. The quantitative estimate of drug-likeness (QED) is 0.593. The molecule has 0 spiro atoms. The fourth-order valence-electron chi connectivity index (χ4n) is 1.71. The van der Waals surface area contributed by atoms with Crippen LogP contribution in [0.25, 0.3) is 0 Å². The van der Waals surface area contributed by atoms with Crippen molar-refractivity contribution in [2.24, 2.45) is 0 Å². The van der Waals surface area contributed by atoms with Gasteiger partial charge in [0.2, 0.25) is 10.0 Å². The SMILES string of the molecule is Cc1c(N)cc(S(=O)(=O)NCCCN(C)C(C)C)cc1F. The topological polar surface area (TPSA) is 75.4 Å². The maximum absolute atomic E-state index is 13.6. The van der Waals surface area contributed by atoms with Crippen molar-refractivity contribution in [2.75, 3.05) is 25.9 Å². The predicted octanol–water partition coefficient (Wildman–Crippen LogP) is 1.72. The van der Waals surface area contributed by atoms with Gasteiger partial charge in [-0.1, -0.05) is 0 Å². The molecule has 0 bridgehead atoms. The molecule has 0 aliphatic heterocycles. The van der Waals surface area contributed by atoms with Gasteiger partial charge in [0.05, 0.1) is 4.90 Å². The van der Waals surface area contributed by atoms with Crippen LogP contribution in [0.4, 0.5) is 10.1 Å². The van der Waals surface area contributed by atoms with Crippen molar-refractivity contribution < 1.29 is 12.8 Å². The van der Waals surface area contributed by atoms with Crippen molar-refractivity contribution in [3.63, 3.8) is 0 Å². The van der Waals surface area contributed by atoms with E-state index in [1.165, 1.54) is 13.0 Å². The lowest BCUT2D eigenvalue weighted by molar-refractivity contribution is 0.271. The van der Waals surface area contributed by atoms with Gasteiger partial charge >= 0.3 is 0 Å². The van der Waals surface area contributed by atoms with Gasteiger partial charge in [-0.05, 0) is 52.9 Å². The zero-order chi connectivity index (χ0) is 16.2. The van der Waals surface area contributed by atoms with Crippen LogP contribution in [0, 0.1) is 12.7 Å². The Balaban J connectivity index is 2.66. The molecule has 3 N–H and O–H groups in total. The Labute approximate surface area is 126 Å². The van der Waals surface area contributed by atoms with E-state index in [-0.39, 0.29) is 16.1 Å². The highest BCUT2D eigenvalue weighted by molar-refractivity contribution is 7.89. The van der Waals surface area contributed by atoms with Gasteiger partial charge in [0.1, 0.15) is 5.82 Å². The molecule has 0 aliphatic carbocycles. The number of rotatable bonds is 7. The minimum atomic E-state index is -3.73. The number of hydrogen-bond acceptors (Lipinski definition) is 4. The van der Waals surface area contributed by atoms with Gasteiger partial charge in [-0.3, -0.25) is 0 Å². The molecule has 0 saturated carbocycles. The zero-order valence-electron chi connectivity index (χ0n) is 13.0. The van der Waals surface area contributed by atoms with E-state index in [4.69, 9.17) is 5.73 Å². The highest BCUT2D eigenvalue weighted by Gasteiger charge is 2.17. The van der Waals surface area contributed by atoms with Crippen molar-refractivity contribution in [1.82, 2.24) is 9.62 Å². The molecular weight excluding hydrogens is 293 g/mol. The first-order valence-corrected chi connectivity index (χ1v) is 8.39. The molecule has 1 rings (SSSR count). The monoisotopic (exact) mass is 317 g/mol. The molecule has 0 radical (unpaired) electrons. The molecule has 1 aromatic carbocycles. The minimum absolute atomic E-state index is 0.134. The number of nitrogens with two attached hydrogens (primary N) is 1. The number of nitrogens with one attached hydrogen (secondary N) is 1. The van der Waals surface area contributed by atoms with E-state index in [1.54, 1.807) is 0 Å². The van der Waals surface area contributed by atoms with Gasteiger partial charge in [-0.25, -0.2) is 17.5 Å². The van der Waals surface area contributed by atoms with Crippen molar-refractivity contribution in [2.45, 2.75) is 38.1 Å². The van der Waals surface area contributed by atoms with Crippen LogP contribution < -0.4 is 10.5 Å². The number of anilines is 1. The van der Waals surface area contributed by atoms with Gasteiger partial charge < -0.3 is 10.6 Å². The number of sulfonamides is 1. The summed E-state index contributed by atoms with van der Waals surface area (Å²) in [5.41, 5.74) is 6.00. The molecule has 0 aromatic heterocycles. The maximum atomic E-state index is 13.6. The average Bonchev–Trinajstić information content (AvgIpc) is 2.39. The summed E-state index contributed by atoms with van der Waals surface area (Å²) in [5, 5.41) is 0. The average molecular weight is 317 g/mol. The second-order valence-electron chi connectivity index (χ2n) is 5.45. The van der Waals surface area contributed by atoms with Crippen molar-refractivity contribution in [3.05, 3.63) is 23.5 Å². The Morgan fingerprint density at radius 1 is 1.38 bits per heavy atom. The van der Waals surface area contributed by atoms with Gasteiger partial charge in [-0.15, -0.1) is 0 Å². The molecule has 7 heteroatoms. The molecule has 1 aromatic rings. The number of nitrogen functional groups attached to an aromatic ring is 1. The highest BCUT2D eigenvalue weighted by atomic mass is 32.2. The zero-order valence-corrected chi connectivity index (χ0v) is 13.8. The first kappa shape index (κ1) is 17.9. The standard InChI is InChI=1S/C14H24FN3O2S/c1-10(2)18(4)7-5-6-17-21(19,20)12-8-13(15)11(3)14(16)9-12/h8-10,17H,5-7,16H2,1-4H3. The molecule has 0 amide bonds. The van der Waals surface area contributed by atoms with Gasteiger partial charge in [-0.2, -0.15) is 0 Å². The molecular formula is C14H24FN3O2S. The van der Waals surface area contributed by atoms with Crippen molar-refractivity contribution in [3.8, 4) is 0 Å².